The summed E-state index contributed by atoms with van der Waals surface area (Å²) < 4.78 is 0. The third-order valence-corrected chi connectivity index (χ3v) is 4.19. The van der Waals surface area contributed by atoms with Crippen molar-refractivity contribution in [3.05, 3.63) is 0 Å². The fourth-order valence-corrected chi connectivity index (χ4v) is 2.71. The standard InChI is InChI=1S/C15H29N3O2/c1-11(2)18-13(19)6-9-17-14(20)15(10-16)7-4-12(3)5-8-15/h11-12H,4-10,16H2,1-3H3,(H,17,20)(H,18,19). The fourth-order valence-electron chi connectivity index (χ4n) is 2.71. The molecule has 2 amide bonds. The second kappa shape index (κ2) is 7.62. The first kappa shape index (κ1) is 17.0. The molecule has 0 heterocycles. The van der Waals surface area contributed by atoms with Crippen LogP contribution in [0.25, 0.3) is 0 Å². The molecule has 0 radical (unpaired) electrons. The lowest BCUT2D eigenvalue weighted by molar-refractivity contribution is -0.133. The van der Waals surface area contributed by atoms with E-state index in [0.29, 0.717) is 25.4 Å². The molecule has 5 nitrogen and oxygen atoms in total. The minimum atomic E-state index is -0.416. The van der Waals surface area contributed by atoms with Gasteiger partial charge in [0.2, 0.25) is 11.8 Å². The SMILES string of the molecule is CC1CCC(CN)(C(=O)NCCC(=O)NC(C)C)CC1. The Bertz CT molecular complexity index is 334. The van der Waals surface area contributed by atoms with Crippen LogP contribution in [0, 0.1) is 11.3 Å². The van der Waals surface area contributed by atoms with Crippen molar-refractivity contribution in [2.45, 2.75) is 58.9 Å². The minimum absolute atomic E-state index is 0.0178. The van der Waals surface area contributed by atoms with E-state index < -0.39 is 5.41 Å². The maximum Gasteiger partial charge on any atom is 0.227 e. The van der Waals surface area contributed by atoms with E-state index in [-0.39, 0.29) is 17.9 Å². The monoisotopic (exact) mass is 283 g/mol. The van der Waals surface area contributed by atoms with Crippen LogP contribution in [0.15, 0.2) is 0 Å². The molecule has 1 rings (SSSR count). The average molecular weight is 283 g/mol. The van der Waals surface area contributed by atoms with Gasteiger partial charge in [-0.2, -0.15) is 0 Å². The van der Waals surface area contributed by atoms with Crippen LogP contribution in [0.4, 0.5) is 0 Å². The van der Waals surface area contributed by atoms with Crippen molar-refractivity contribution in [1.82, 2.24) is 10.6 Å². The van der Waals surface area contributed by atoms with Crippen LogP contribution in [0.1, 0.15) is 52.9 Å². The average Bonchev–Trinajstić information content (AvgIpc) is 2.39. The van der Waals surface area contributed by atoms with Crippen molar-refractivity contribution in [3.8, 4) is 0 Å². The molecule has 5 heteroatoms. The summed E-state index contributed by atoms with van der Waals surface area (Å²) >= 11 is 0. The zero-order valence-corrected chi connectivity index (χ0v) is 13.0. The molecule has 0 saturated heterocycles. The maximum atomic E-state index is 12.3. The molecule has 0 bridgehead atoms. The van der Waals surface area contributed by atoms with E-state index in [0.717, 1.165) is 25.7 Å². The Morgan fingerprint density at radius 2 is 1.90 bits per heavy atom. The van der Waals surface area contributed by atoms with Crippen molar-refractivity contribution in [2.24, 2.45) is 17.1 Å². The van der Waals surface area contributed by atoms with Crippen LogP contribution in [-0.4, -0.2) is 30.9 Å². The van der Waals surface area contributed by atoms with E-state index >= 15 is 0 Å². The number of carbonyl (C=O) groups is 2. The van der Waals surface area contributed by atoms with Gasteiger partial charge in [-0.15, -0.1) is 0 Å². The number of amides is 2. The van der Waals surface area contributed by atoms with E-state index in [1.807, 2.05) is 13.8 Å². The largest absolute Gasteiger partial charge is 0.355 e. The lowest BCUT2D eigenvalue weighted by atomic mass is 9.70. The van der Waals surface area contributed by atoms with Crippen LogP contribution in [0.3, 0.4) is 0 Å². The molecular weight excluding hydrogens is 254 g/mol. The summed E-state index contributed by atoms with van der Waals surface area (Å²) in [4.78, 5) is 23.9. The van der Waals surface area contributed by atoms with Gasteiger partial charge in [0.1, 0.15) is 0 Å². The Labute approximate surface area is 122 Å². The summed E-state index contributed by atoms with van der Waals surface area (Å²) in [6.45, 7) is 6.83. The third kappa shape index (κ3) is 4.78. The number of carbonyl (C=O) groups excluding carboxylic acids is 2. The summed E-state index contributed by atoms with van der Waals surface area (Å²) in [6.07, 6.45) is 4.14. The number of rotatable bonds is 6. The molecule has 0 aromatic rings. The van der Waals surface area contributed by atoms with Gasteiger partial charge in [0.15, 0.2) is 0 Å². The molecule has 0 aromatic carbocycles. The molecule has 1 saturated carbocycles. The number of nitrogens with two attached hydrogens (primary N) is 1. The smallest absolute Gasteiger partial charge is 0.227 e. The molecule has 116 valence electrons. The van der Waals surface area contributed by atoms with E-state index in [1.54, 1.807) is 0 Å². The highest BCUT2D eigenvalue weighted by molar-refractivity contribution is 5.84. The maximum absolute atomic E-state index is 12.3. The molecule has 0 unspecified atom stereocenters. The van der Waals surface area contributed by atoms with Gasteiger partial charge >= 0.3 is 0 Å². The Kier molecular flexibility index (Phi) is 6.46. The van der Waals surface area contributed by atoms with Gasteiger partial charge in [-0.3, -0.25) is 9.59 Å². The van der Waals surface area contributed by atoms with Crippen LogP contribution in [-0.2, 0) is 9.59 Å². The van der Waals surface area contributed by atoms with Crippen LogP contribution < -0.4 is 16.4 Å². The minimum Gasteiger partial charge on any atom is -0.355 e. The Morgan fingerprint density at radius 3 is 2.40 bits per heavy atom. The molecular formula is C15H29N3O2. The zero-order valence-electron chi connectivity index (χ0n) is 13.0. The number of hydrogen-bond acceptors (Lipinski definition) is 3. The third-order valence-electron chi connectivity index (χ3n) is 4.19. The van der Waals surface area contributed by atoms with Crippen LogP contribution in [0.2, 0.25) is 0 Å². The van der Waals surface area contributed by atoms with Gasteiger partial charge in [0.25, 0.3) is 0 Å². The first-order valence-electron chi connectivity index (χ1n) is 7.67. The molecule has 1 fully saturated rings. The summed E-state index contributed by atoms with van der Waals surface area (Å²) in [5.41, 5.74) is 5.43. The Hall–Kier alpha value is -1.10. The summed E-state index contributed by atoms with van der Waals surface area (Å²) in [6, 6.07) is 0.133. The predicted octanol–water partition coefficient (Wildman–Crippen LogP) is 1.17. The first-order chi connectivity index (χ1) is 9.39. The van der Waals surface area contributed by atoms with Gasteiger partial charge in [-0.05, 0) is 45.4 Å². The first-order valence-corrected chi connectivity index (χ1v) is 7.67. The Morgan fingerprint density at radius 1 is 1.30 bits per heavy atom. The van der Waals surface area contributed by atoms with Crippen LogP contribution >= 0.6 is 0 Å². The van der Waals surface area contributed by atoms with Crippen molar-refractivity contribution in [3.63, 3.8) is 0 Å². The van der Waals surface area contributed by atoms with Crippen molar-refractivity contribution in [2.75, 3.05) is 13.1 Å². The van der Waals surface area contributed by atoms with Crippen molar-refractivity contribution >= 4 is 11.8 Å². The normalized spacial score (nSPS) is 26.4. The molecule has 0 spiro atoms. The van der Waals surface area contributed by atoms with Gasteiger partial charge in [0, 0.05) is 25.6 Å². The number of hydrogen-bond donors (Lipinski definition) is 3. The highest BCUT2D eigenvalue weighted by atomic mass is 16.2. The fraction of sp³-hybridized carbons (Fsp3) is 0.867. The highest BCUT2D eigenvalue weighted by Gasteiger charge is 2.39. The highest BCUT2D eigenvalue weighted by Crippen LogP contribution is 2.38. The topological polar surface area (TPSA) is 84.2 Å². The van der Waals surface area contributed by atoms with Crippen molar-refractivity contribution < 1.29 is 9.59 Å². The molecule has 0 aromatic heterocycles. The van der Waals surface area contributed by atoms with Gasteiger partial charge < -0.3 is 16.4 Å². The lowest BCUT2D eigenvalue weighted by Gasteiger charge is -2.37. The number of nitrogens with one attached hydrogen (secondary N) is 2. The second-order valence-electron chi connectivity index (χ2n) is 6.40. The second-order valence-corrected chi connectivity index (χ2v) is 6.40. The van der Waals surface area contributed by atoms with Crippen molar-refractivity contribution in [1.29, 1.82) is 0 Å². The molecule has 20 heavy (non-hydrogen) atoms. The summed E-state index contributed by atoms with van der Waals surface area (Å²) in [7, 11) is 0. The molecule has 1 aliphatic carbocycles. The predicted molar refractivity (Wildman–Crippen MR) is 80.0 cm³/mol. The van der Waals surface area contributed by atoms with E-state index in [9.17, 15) is 9.59 Å². The van der Waals surface area contributed by atoms with Gasteiger partial charge in [-0.1, -0.05) is 6.92 Å². The lowest BCUT2D eigenvalue weighted by Crippen LogP contribution is -2.48. The quantitative estimate of drug-likeness (QED) is 0.684. The van der Waals surface area contributed by atoms with Gasteiger partial charge in [0.05, 0.1) is 5.41 Å². The van der Waals surface area contributed by atoms with Crippen LogP contribution in [0.5, 0.6) is 0 Å². The Balaban J connectivity index is 2.39. The molecule has 0 atom stereocenters. The molecule has 1 aliphatic rings. The zero-order chi connectivity index (χ0) is 15.2. The molecule has 4 N–H and O–H groups in total. The van der Waals surface area contributed by atoms with E-state index in [2.05, 4.69) is 17.6 Å². The van der Waals surface area contributed by atoms with Gasteiger partial charge in [-0.25, -0.2) is 0 Å². The van der Waals surface area contributed by atoms with E-state index in [1.165, 1.54) is 0 Å². The summed E-state index contributed by atoms with van der Waals surface area (Å²) in [5.74, 6) is 0.669. The van der Waals surface area contributed by atoms with E-state index in [4.69, 9.17) is 5.73 Å². The summed E-state index contributed by atoms with van der Waals surface area (Å²) in [5, 5.41) is 5.69. The molecule has 0 aliphatic heterocycles.